The van der Waals surface area contributed by atoms with E-state index in [-0.39, 0.29) is 0 Å². The van der Waals surface area contributed by atoms with Crippen LogP contribution in [0.3, 0.4) is 0 Å². The van der Waals surface area contributed by atoms with Gasteiger partial charge in [-0.25, -0.2) is 9.13 Å². The summed E-state index contributed by atoms with van der Waals surface area (Å²) in [7, 11) is 2.14. The quantitative estimate of drug-likeness (QED) is 0.503. The van der Waals surface area contributed by atoms with Gasteiger partial charge in [0, 0.05) is 0 Å². The summed E-state index contributed by atoms with van der Waals surface area (Å²) in [5, 5.41) is 0. The number of aryl methyl sites for hydroxylation is 2. The Morgan fingerprint density at radius 3 is 2.60 bits per heavy atom. The van der Waals surface area contributed by atoms with Crippen molar-refractivity contribution >= 4 is 0 Å². The van der Waals surface area contributed by atoms with Gasteiger partial charge in [0.05, 0.1) is 19.5 Å². The normalized spacial score (nSPS) is 11.3. The van der Waals surface area contributed by atoms with Gasteiger partial charge in [-0.05, 0) is 12.8 Å². The van der Waals surface area contributed by atoms with Crippen molar-refractivity contribution in [2.24, 2.45) is 7.05 Å². The van der Waals surface area contributed by atoms with E-state index in [4.69, 9.17) is 0 Å². The highest BCUT2D eigenvalue weighted by Gasteiger charge is 2.17. The lowest BCUT2D eigenvalue weighted by Gasteiger charge is -2.05. The maximum Gasteiger partial charge on any atom is 0.258 e. The summed E-state index contributed by atoms with van der Waals surface area (Å²) in [5.74, 6) is 2.04. The van der Waals surface area contributed by atoms with E-state index in [1.165, 1.54) is 38.1 Å². The van der Waals surface area contributed by atoms with Crippen LogP contribution in [0.25, 0.3) is 0 Å². The molecule has 2 heteroatoms. The Hall–Kier alpha value is -0.790. The smallest absolute Gasteiger partial charge is 0.237 e. The number of unbranched alkanes of at least 4 members (excludes halogenated alkanes) is 3. The summed E-state index contributed by atoms with van der Waals surface area (Å²) in [6.07, 6.45) is 9.72. The van der Waals surface area contributed by atoms with Crippen molar-refractivity contribution in [2.45, 2.75) is 58.9 Å². The molecule has 1 rings (SSSR count). The molecule has 0 spiro atoms. The summed E-state index contributed by atoms with van der Waals surface area (Å²) in [4.78, 5) is 0. The minimum atomic E-state index is 0.608. The molecule has 0 amide bonds. The van der Waals surface area contributed by atoms with Crippen molar-refractivity contribution < 1.29 is 4.57 Å². The number of hydrogen-bond donors (Lipinski definition) is 0. The van der Waals surface area contributed by atoms with Gasteiger partial charge in [-0.1, -0.05) is 33.6 Å². The Kier molecular flexibility index (Phi) is 4.86. The Morgan fingerprint density at radius 2 is 2.00 bits per heavy atom. The first kappa shape index (κ1) is 12.3. The number of hydrogen-bond acceptors (Lipinski definition) is 0. The molecule has 0 aromatic carbocycles. The second-order valence-electron chi connectivity index (χ2n) is 4.68. The Morgan fingerprint density at radius 1 is 1.27 bits per heavy atom. The molecule has 1 aromatic heterocycles. The Labute approximate surface area is 93.9 Å². The van der Waals surface area contributed by atoms with E-state index in [1.54, 1.807) is 0 Å². The first-order chi connectivity index (χ1) is 7.16. The van der Waals surface area contributed by atoms with Crippen molar-refractivity contribution in [1.29, 1.82) is 0 Å². The van der Waals surface area contributed by atoms with Gasteiger partial charge in [0.1, 0.15) is 12.4 Å². The monoisotopic (exact) mass is 209 g/mol. The van der Waals surface area contributed by atoms with Crippen molar-refractivity contribution in [3.63, 3.8) is 0 Å². The van der Waals surface area contributed by atoms with Gasteiger partial charge in [0.25, 0.3) is 5.82 Å². The molecule has 1 heterocycles. The van der Waals surface area contributed by atoms with Crippen LogP contribution < -0.4 is 4.57 Å². The molecule has 0 saturated carbocycles. The van der Waals surface area contributed by atoms with Crippen LogP contribution in [0.1, 0.15) is 58.2 Å². The fourth-order valence-electron chi connectivity index (χ4n) is 2.17. The Bertz CT molecular complexity index is 287. The molecular formula is C13H25N2+. The predicted octanol–water partition coefficient (Wildman–Crippen LogP) is 3.02. The van der Waals surface area contributed by atoms with Crippen molar-refractivity contribution in [2.75, 3.05) is 0 Å². The van der Waals surface area contributed by atoms with Crippen LogP contribution in [0, 0.1) is 0 Å². The van der Waals surface area contributed by atoms with Crippen LogP contribution >= 0.6 is 0 Å². The van der Waals surface area contributed by atoms with Crippen LogP contribution in [-0.2, 0) is 13.6 Å². The molecule has 0 aliphatic rings. The van der Waals surface area contributed by atoms with E-state index in [9.17, 15) is 0 Å². The third-order valence-electron chi connectivity index (χ3n) is 2.89. The first-order valence-electron chi connectivity index (χ1n) is 6.21. The van der Waals surface area contributed by atoms with Crippen molar-refractivity contribution in [1.82, 2.24) is 4.57 Å². The lowest BCUT2D eigenvalue weighted by molar-refractivity contribution is -0.680. The highest BCUT2D eigenvalue weighted by atomic mass is 15.1. The van der Waals surface area contributed by atoms with Gasteiger partial charge < -0.3 is 0 Å². The molecule has 86 valence electrons. The fourth-order valence-corrected chi connectivity index (χ4v) is 2.17. The lowest BCUT2D eigenvalue weighted by Crippen LogP contribution is -2.33. The largest absolute Gasteiger partial charge is 0.258 e. The molecule has 0 atom stereocenters. The number of aromatic nitrogens is 2. The predicted molar refractivity (Wildman–Crippen MR) is 63.8 cm³/mol. The summed E-state index contributed by atoms with van der Waals surface area (Å²) in [5.41, 5.74) is 0. The number of imidazole rings is 1. The summed E-state index contributed by atoms with van der Waals surface area (Å²) >= 11 is 0. The minimum Gasteiger partial charge on any atom is -0.237 e. The average Bonchev–Trinajstić information content (AvgIpc) is 2.54. The van der Waals surface area contributed by atoms with E-state index < -0.39 is 0 Å². The van der Waals surface area contributed by atoms with Gasteiger partial charge in [-0.3, -0.25) is 0 Å². The topological polar surface area (TPSA) is 8.81 Å². The maximum absolute atomic E-state index is 2.40. The second kappa shape index (κ2) is 5.94. The fraction of sp³-hybridized carbons (Fsp3) is 0.769. The highest BCUT2D eigenvalue weighted by molar-refractivity contribution is 4.89. The first-order valence-corrected chi connectivity index (χ1v) is 6.21. The zero-order chi connectivity index (χ0) is 11.3. The molecule has 0 saturated heterocycles. The molecule has 0 bridgehead atoms. The molecule has 15 heavy (non-hydrogen) atoms. The second-order valence-corrected chi connectivity index (χ2v) is 4.68. The molecule has 0 fully saturated rings. The van der Waals surface area contributed by atoms with Crippen LogP contribution in [0.4, 0.5) is 0 Å². The number of nitrogens with zero attached hydrogens (tertiary/aromatic N) is 2. The average molecular weight is 209 g/mol. The summed E-state index contributed by atoms with van der Waals surface area (Å²) in [6.45, 7) is 7.96. The third kappa shape index (κ3) is 3.37. The lowest BCUT2D eigenvalue weighted by atomic mass is 10.2. The van der Waals surface area contributed by atoms with Crippen LogP contribution in [-0.4, -0.2) is 4.57 Å². The maximum atomic E-state index is 2.40. The van der Waals surface area contributed by atoms with E-state index in [0.717, 1.165) is 0 Å². The molecular weight excluding hydrogens is 184 g/mol. The van der Waals surface area contributed by atoms with Crippen molar-refractivity contribution in [3.8, 4) is 0 Å². The Balaban J connectivity index is 2.53. The van der Waals surface area contributed by atoms with Crippen LogP contribution in [0.15, 0.2) is 12.4 Å². The van der Waals surface area contributed by atoms with E-state index in [1.807, 2.05) is 0 Å². The van der Waals surface area contributed by atoms with Gasteiger partial charge in [-0.15, -0.1) is 0 Å². The zero-order valence-corrected chi connectivity index (χ0v) is 10.7. The van der Waals surface area contributed by atoms with E-state index >= 15 is 0 Å². The van der Waals surface area contributed by atoms with E-state index in [0.29, 0.717) is 5.92 Å². The van der Waals surface area contributed by atoms with Gasteiger partial charge in [-0.2, -0.15) is 0 Å². The van der Waals surface area contributed by atoms with Crippen LogP contribution in [0.2, 0.25) is 0 Å². The molecule has 0 aliphatic carbocycles. The highest BCUT2D eigenvalue weighted by Crippen LogP contribution is 2.11. The molecule has 0 N–H and O–H groups in total. The number of rotatable bonds is 6. The van der Waals surface area contributed by atoms with Gasteiger partial charge in [0.15, 0.2) is 0 Å². The molecule has 0 radical (unpaired) electrons. The van der Waals surface area contributed by atoms with Gasteiger partial charge >= 0.3 is 0 Å². The summed E-state index contributed by atoms with van der Waals surface area (Å²) in [6, 6.07) is 0. The minimum absolute atomic E-state index is 0.608. The third-order valence-corrected chi connectivity index (χ3v) is 2.89. The zero-order valence-electron chi connectivity index (χ0n) is 10.7. The molecule has 0 unspecified atom stereocenters. The molecule has 2 nitrogen and oxygen atoms in total. The van der Waals surface area contributed by atoms with E-state index in [2.05, 4.69) is 49.3 Å². The van der Waals surface area contributed by atoms with Crippen LogP contribution in [0.5, 0.6) is 0 Å². The van der Waals surface area contributed by atoms with Crippen molar-refractivity contribution in [3.05, 3.63) is 18.2 Å². The SMILES string of the molecule is CCCCCCn1cc[n+](C)c1C(C)C. The molecule has 1 aromatic rings. The standard InChI is InChI=1S/C13H25N2/c1-5-6-7-8-9-15-11-10-14(4)13(15)12(2)3/h10-12H,5-9H2,1-4H3/q+1. The van der Waals surface area contributed by atoms with Gasteiger partial charge in [0.2, 0.25) is 0 Å². The molecule has 0 aliphatic heterocycles. The summed E-state index contributed by atoms with van der Waals surface area (Å²) < 4.78 is 4.64.